The quantitative estimate of drug-likeness (QED) is 0.252. The third kappa shape index (κ3) is 5.85. The summed E-state index contributed by atoms with van der Waals surface area (Å²) in [7, 11) is 0. The van der Waals surface area contributed by atoms with Gasteiger partial charge in [-0.25, -0.2) is 14.1 Å². The van der Waals surface area contributed by atoms with Crippen LogP contribution in [-0.2, 0) is 17.8 Å². The zero-order chi connectivity index (χ0) is 29.2. The second-order valence-corrected chi connectivity index (χ2v) is 12.1. The first-order valence-electron chi connectivity index (χ1n) is 15.2. The topological polar surface area (TPSA) is 80.5 Å². The van der Waals surface area contributed by atoms with E-state index in [9.17, 15) is 14.3 Å². The van der Waals surface area contributed by atoms with Crippen LogP contribution >= 0.6 is 0 Å². The van der Waals surface area contributed by atoms with E-state index in [2.05, 4.69) is 33.7 Å². The maximum atomic E-state index is 14.6. The van der Waals surface area contributed by atoms with Crippen molar-refractivity contribution in [2.45, 2.75) is 71.3 Å². The molecule has 42 heavy (non-hydrogen) atoms. The molecule has 6 rings (SSSR count). The third-order valence-corrected chi connectivity index (χ3v) is 8.94. The van der Waals surface area contributed by atoms with E-state index < -0.39 is 11.9 Å². The number of halogens is 1. The van der Waals surface area contributed by atoms with Crippen LogP contribution in [0.1, 0.15) is 79.6 Å². The Morgan fingerprint density at radius 1 is 1.07 bits per heavy atom. The molecule has 1 saturated carbocycles. The summed E-state index contributed by atoms with van der Waals surface area (Å²) >= 11 is 0. The van der Waals surface area contributed by atoms with Gasteiger partial charge in [-0.15, -0.1) is 0 Å². The molecule has 2 aromatic carbocycles. The Morgan fingerprint density at radius 3 is 2.57 bits per heavy atom. The first-order valence-corrected chi connectivity index (χ1v) is 15.2. The van der Waals surface area contributed by atoms with Crippen LogP contribution in [0.25, 0.3) is 11.0 Å². The molecule has 4 aromatic rings. The molecule has 7 nitrogen and oxygen atoms in total. The van der Waals surface area contributed by atoms with Crippen LogP contribution in [0.4, 0.5) is 4.39 Å². The number of benzene rings is 2. The van der Waals surface area contributed by atoms with Gasteiger partial charge in [-0.05, 0) is 73.8 Å². The average Bonchev–Trinajstić information content (AvgIpc) is 3.37. The molecular weight excluding hydrogens is 531 g/mol. The molecule has 2 aromatic heterocycles. The largest absolute Gasteiger partial charge is 0.487 e. The van der Waals surface area contributed by atoms with Crippen LogP contribution in [0.15, 0.2) is 54.7 Å². The van der Waals surface area contributed by atoms with E-state index in [1.807, 2.05) is 37.3 Å². The number of carboxylic acids is 1. The average molecular weight is 571 g/mol. The summed E-state index contributed by atoms with van der Waals surface area (Å²) in [5.74, 6) is 0.352. The van der Waals surface area contributed by atoms with Crippen molar-refractivity contribution in [3.63, 3.8) is 0 Å². The lowest BCUT2D eigenvalue weighted by molar-refractivity contribution is -0.143. The fourth-order valence-corrected chi connectivity index (χ4v) is 6.55. The van der Waals surface area contributed by atoms with Crippen molar-refractivity contribution in [3.8, 4) is 5.75 Å². The van der Waals surface area contributed by atoms with Gasteiger partial charge in [0.2, 0.25) is 0 Å². The van der Waals surface area contributed by atoms with Gasteiger partial charge in [-0.3, -0.25) is 9.78 Å². The number of rotatable bonds is 8. The number of pyridine rings is 1. The highest BCUT2D eigenvalue weighted by atomic mass is 19.1. The lowest BCUT2D eigenvalue weighted by Crippen LogP contribution is -2.43. The van der Waals surface area contributed by atoms with E-state index in [1.54, 1.807) is 6.20 Å². The molecule has 0 amide bonds. The summed E-state index contributed by atoms with van der Waals surface area (Å²) in [6.07, 6.45) is 7.82. The van der Waals surface area contributed by atoms with E-state index in [-0.39, 0.29) is 24.0 Å². The van der Waals surface area contributed by atoms with E-state index in [0.29, 0.717) is 24.5 Å². The van der Waals surface area contributed by atoms with Gasteiger partial charge in [0.1, 0.15) is 29.7 Å². The summed E-state index contributed by atoms with van der Waals surface area (Å²) in [6, 6.07) is 15.7. The summed E-state index contributed by atoms with van der Waals surface area (Å²) < 4.78 is 23.0. The molecular formula is C34H39FN4O3. The molecule has 8 heteroatoms. The highest BCUT2D eigenvalue weighted by molar-refractivity contribution is 5.83. The molecule has 1 saturated heterocycles. The number of imidazole rings is 1. The lowest BCUT2D eigenvalue weighted by Gasteiger charge is -2.36. The van der Waals surface area contributed by atoms with E-state index in [1.165, 1.54) is 6.07 Å². The number of fused-ring (bicyclic) bond motifs is 1. The fraction of sp³-hybridized carbons (Fsp3) is 0.441. The van der Waals surface area contributed by atoms with Gasteiger partial charge >= 0.3 is 5.97 Å². The second kappa shape index (κ2) is 12.1. The number of aryl methyl sites for hydroxylation is 1. The number of hydrogen-bond donors (Lipinski definition) is 1. The summed E-state index contributed by atoms with van der Waals surface area (Å²) in [6.45, 7) is 5.86. The van der Waals surface area contributed by atoms with Gasteiger partial charge in [0, 0.05) is 31.3 Å². The van der Waals surface area contributed by atoms with Crippen molar-refractivity contribution in [2.75, 3.05) is 18.1 Å². The van der Waals surface area contributed by atoms with E-state index >= 15 is 0 Å². The van der Waals surface area contributed by atoms with E-state index in [4.69, 9.17) is 9.72 Å². The molecule has 0 bridgehead atoms. The molecule has 1 aliphatic carbocycles. The van der Waals surface area contributed by atoms with Crippen molar-refractivity contribution in [2.24, 2.45) is 11.8 Å². The van der Waals surface area contributed by atoms with Gasteiger partial charge in [0.25, 0.3) is 0 Å². The van der Waals surface area contributed by atoms with Crippen molar-refractivity contribution in [1.82, 2.24) is 14.6 Å². The predicted molar refractivity (Wildman–Crippen MR) is 161 cm³/mol. The Balaban J connectivity index is 1.48. The minimum Gasteiger partial charge on any atom is -0.487 e. The van der Waals surface area contributed by atoms with Crippen LogP contribution in [0.3, 0.4) is 0 Å². The number of hydrogen-bond acceptors (Lipinski definition) is 5. The third-order valence-electron chi connectivity index (χ3n) is 8.94. The van der Waals surface area contributed by atoms with Crippen LogP contribution in [0, 0.1) is 24.6 Å². The van der Waals surface area contributed by atoms with Crippen LogP contribution < -0.4 is 9.75 Å². The number of piperidine rings is 1. The Kier molecular flexibility index (Phi) is 8.13. The van der Waals surface area contributed by atoms with Crippen molar-refractivity contribution in [3.05, 3.63) is 88.8 Å². The maximum Gasteiger partial charge on any atom is 0.307 e. The monoisotopic (exact) mass is 570 g/mol. The van der Waals surface area contributed by atoms with E-state index in [0.717, 1.165) is 78.7 Å². The van der Waals surface area contributed by atoms with Crippen LogP contribution in [0.5, 0.6) is 5.75 Å². The van der Waals surface area contributed by atoms with Crippen LogP contribution in [0.2, 0.25) is 0 Å². The van der Waals surface area contributed by atoms with Crippen LogP contribution in [-0.4, -0.2) is 38.8 Å². The zero-order valence-electron chi connectivity index (χ0n) is 24.4. The molecule has 2 fully saturated rings. The number of aliphatic carboxylic acids is 1. The van der Waals surface area contributed by atoms with Gasteiger partial charge < -0.3 is 14.9 Å². The molecule has 0 spiro atoms. The van der Waals surface area contributed by atoms with Gasteiger partial charge in [-0.1, -0.05) is 50.1 Å². The van der Waals surface area contributed by atoms with Gasteiger partial charge in [0.05, 0.1) is 17.0 Å². The maximum absolute atomic E-state index is 14.6. The normalized spacial score (nSPS) is 19.7. The number of aromatic nitrogens is 3. The first-order chi connectivity index (χ1) is 20.4. The number of nitrogens with zero attached hydrogens (tertiary/aromatic N) is 4. The fourth-order valence-electron chi connectivity index (χ4n) is 6.55. The molecule has 220 valence electrons. The second-order valence-electron chi connectivity index (χ2n) is 12.1. The number of ether oxygens (including phenoxy) is 1. The predicted octanol–water partition coefficient (Wildman–Crippen LogP) is 6.77. The summed E-state index contributed by atoms with van der Waals surface area (Å²) in [4.78, 5) is 21.9. The molecule has 1 N–H and O–H groups in total. The minimum absolute atomic E-state index is 0.00827. The van der Waals surface area contributed by atoms with Gasteiger partial charge in [0.15, 0.2) is 0 Å². The summed E-state index contributed by atoms with van der Waals surface area (Å²) in [5, 5.41) is 12.5. The first kappa shape index (κ1) is 28.2. The van der Waals surface area contributed by atoms with Crippen molar-refractivity contribution >= 4 is 17.0 Å². The zero-order valence-corrected chi connectivity index (χ0v) is 24.4. The molecule has 0 unspecified atom stereocenters. The minimum atomic E-state index is -0.744. The highest BCUT2D eigenvalue weighted by Crippen LogP contribution is 2.40. The standard InChI is InChI=1S/C34H39FN4O3/c1-22-12-14-38(15-13-22)39-31-19-26(42-21-30-29(35)16-23(2)20-36-30)18-25(17-24-8-4-3-5-9-24)32(31)37-33(39)27-10-6-7-11-28(27)34(40)41/h3-5,8-9,16,18-20,22,27-28H,6-7,10-15,17,21H2,1-2H3,(H,40,41)/t27-,28+/m0/s1. The number of carbonyl (C=O) groups is 1. The lowest BCUT2D eigenvalue weighted by atomic mass is 9.79. The molecule has 2 aliphatic rings. The van der Waals surface area contributed by atoms with Crippen molar-refractivity contribution in [1.29, 1.82) is 0 Å². The molecule has 3 heterocycles. The number of carboxylic acid groups (broad SMARTS) is 1. The smallest absolute Gasteiger partial charge is 0.307 e. The molecule has 0 radical (unpaired) electrons. The molecule has 1 aliphatic heterocycles. The molecule has 2 atom stereocenters. The highest BCUT2D eigenvalue weighted by Gasteiger charge is 2.37. The SMILES string of the molecule is Cc1cnc(COc2cc(Cc3ccccc3)c3nc([C@H]4CCCC[C@H]4C(=O)O)n(N4CCC(C)CC4)c3c2)c(F)c1. The summed E-state index contributed by atoms with van der Waals surface area (Å²) in [5.41, 5.74) is 4.95. The van der Waals surface area contributed by atoms with Gasteiger partial charge in [-0.2, -0.15) is 0 Å². The Labute approximate surface area is 246 Å². The van der Waals surface area contributed by atoms with Crippen molar-refractivity contribution < 1.29 is 19.0 Å². The Bertz CT molecular complexity index is 1560. The Morgan fingerprint density at radius 2 is 1.83 bits per heavy atom. The Hall–Kier alpha value is -3.94.